The number of anilines is 1. The molecule has 0 aliphatic heterocycles. The summed E-state index contributed by atoms with van der Waals surface area (Å²) in [5.41, 5.74) is 4.17. The summed E-state index contributed by atoms with van der Waals surface area (Å²) in [4.78, 5) is 12.2. The molecule has 0 heterocycles. The summed E-state index contributed by atoms with van der Waals surface area (Å²) in [6, 6.07) is 7.93. The van der Waals surface area contributed by atoms with Crippen molar-refractivity contribution in [2.75, 3.05) is 5.32 Å². The van der Waals surface area contributed by atoms with Crippen molar-refractivity contribution in [3.63, 3.8) is 0 Å². The Kier molecular flexibility index (Phi) is 4.09. The Morgan fingerprint density at radius 1 is 1.05 bits per heavy atom. The number of aryl methyl sites for hydroxylation is 3. The molecule has 1 amide bonds. The molecule has 0 spiro atoms. The van der Waals surface area contributed by atoms with Crippen molar-refractivity contribution < 1.29 is 9.18 Å². The van der Waals surface area contributed by atoms with E-state index < -0.39 is 5.82 Å². The third kappa shape index (κ3) is 2.99. The Bertz CT molecular complexity index is 682. The minimum absolute atomic E-state index is 0.0143. The molecule has 20 heavy (non-hydrogen) atoms. The summed E-state index contributed by atoms with van der Waals surface area (Å²) in [6.45, 7) is 5.85. The molecule has 0 unspecified atom stereocenters. The lowest BCUT2D eigenvalue weighted by Crippen LogP contribution is -2.14. The quantitative estimate of drug-likeness (QED) is 0.857. The highest BCUT2D eigenvalue weighted by Gasteiger charge is 2.11. The van der Waals surface area contributed by atoms with Crippen LogP contribution in [0, 0.1) is 26.6 Å². The van der Waals surface area contributed by atoms with E-state index in [9.17, 15) is 9.18 Å². The molecule has 4 heteroatoms. The van der Waals surface area contributed by atoms with E-state index >= 15 is 0 Å². The number of halogens is 2. The molecular weight excluding hydrogens is 277 g/mol. The van der Waals surface area contributed by atoms with Gasteiger partial charge in [-0.2, -0.15) is 0 Å². The zero-order valence-electron chi connectivity index (χ0n) is 11.6. The lowest BCUT2D eigenvalue weighted by atomic mass is 10.0. The van der Waals surface area contributed by atoms with Gasteiger partial charge in [0.05, 0.1) is 5.02 Å². The van der Waals surface area contributed by atoms with Gasteiger partial charge in [0.1, 0.15) is 5.82 Å². The Morgan fingerprint density at radius 2 is 1.70 bits per heavy atom. The van der Waals surface area contributed by atoms with Crippen LogP contribution >= 0.6 is 11.6 Å². The fourth-order valence-corrected chi connectivity index (χ4v) is 2.16. The fourth-order valence-electron chi connectivity index (χ4n) is 1.98. The van der Waals surface area contributed by atoms with E-state index in [1.54, 1.807) is 0 Å². The molecule has 0 aliphatic rings. The monoisotopic (exact) mass is 291 g/mol. The zero-order valence-corrected chi connectivity index (χ0v) is 12.3. The molecule has 0 aromatic heterocycles. The first-order valence-electron chi connectivity index (χ1n) is 6.22. The van der Waals surface area contributed by atoms with Crippen LogP contribution in [0.15, 0.2) is 30.3 Å². The molecule has 0 aliphatic carbocycles. The van der Waals surface area contributed by atoms with Crippen molar-refractivity contribution in [1.82, 2.24) is 0 Å². The summed E-state index contributed by atoms with van der Waals surface area (Å²) >= 11 is 5.69. The summed E-state index contributed by atoms with van der Waals surface area (Å²) in [6.07, 6.45) is 0. The Balaban J connectivity index is 2.28. The molecule has 2 aromatic carbocycles. The van der Waals surface area contributed by atoms with Crippen molar-refractivity contribution in [1.29, 1.82) is 0 Å². The Morgan fingerprint density at radius 3 is 2.35 bits per heavy atom. The summed E-state index contributed by atoms with van der Waals surface area (Å²) in [5.74, 6) is -0.736. The topological polar surface area (TPSA) is 29.1 Å². The average molecular weight is 292 g/mol. The number of hydrogen-bond acceptors (Lipinski definition) is 1. The van der Waals surface area contributed by atoms with Gasteiger partial charge in [-0.25, -0.2) is 4.39 Å². The standard InChI is InChI=1S/C16H15ClFNO/c1-9-6-11(3)13(7-10(9)2)16(20)19-12-4-5-15(18)14(17)8-12/h4-8H,1-3H3,(H,19,20). The van der Waals surface area contributed by atoms with Crippen molar-refractivity contribution in [2.24, 2.45) is 0 Å². The van der Waals surface area contributed by atoms with E-state index in [1.165, 1.54) is 18.2 Å². The number of carbonyl (C=O) groups is 1. The number of benzene rings is 2. The molecule has 2 aromatic rings. The van der Waals surface area contributed by atoms with E-state index in [-0.39, 0.29) is 10.9 Å². The highest BCUT2D eigenvalue weighted by atomic mass is 35.5. The zero-order chi connectivity index (χ0) is 14.9. The number of rotatable bonds is 2. The first kappa shape index (κ1) is 14.5. The first-order chi connectivity index (χ1) is 9.38. The van der Waals surface area contributed by atoms with Gasteiger partial charge in [-0.15, -0.1) is 0 Å². The molecule has 104 valence electrons. The lowest BCUT2D eigenvalue weighted by Gasteiger charge is -2.11. The maximum atomic E-state index is 13.1. The second kappa shape index (κ2) is 5.63. The molecule has 0 saturated heterocycles. The second-order valence-electron chi connectivity index (χ2n) is 4.83. The smallest absolute Gasteiger partial charge is 0.255 e. The minimum Gasteiger partial charge on any atom is -0.322 e. The number of amides is 1. The van der Waals surface area contributed by atoms with Gasteiger partial charge in [0.15, 0.2) is 0 Å². The maximum Gasteiger partial charge on any atom is 0.255 e. The van der Waals surface area contributed by atoms with Crippen LogP contribution in [-0.4, -0.2) is 5.91 Å². The van der Waals surface area contributed by atoms with Gasteiger partial charge in [0, 0.05) is 11.3 Å². The third-order valence-corrected chi connectivity index (χ3v) is 3.55. The minimum atomic E-state index is -0.507. The van der Waals surface area contributed by atoms with Crippen LogP contribution < -0.4 is 5.32 Å². The molecule has 0 bridgehead atoms. The van der Waals surface area contributed by atoms with Crippen molar-refractivity contribution in [2.45, 2.75) is 20.8 Å². The fraction of sp³-hybridized carbons (Fsp3) is 0.188. The van der Waals surface area contributed by atoms with Gasteiger partial charge in [0.25, 0.3) is 5.91 Å². The Labute approximate surface area is 122 Å². The van der Waals surface area contributed by atoms with E-state index in [0.717, 1.165) is 16.7 Å². The van der Waals surface area contributed by atoms with E-state index in [4.69, 9.17) is 11.6 Å². The molecule has 1 N–H and O–H groups in total. The number of hydrogen-bond donors (Lipinski definition) is 1. The van der Waals surface area contributed by atoms with E-state index in [0.29, 0.717) is 11.3 Å². The number of nitrogens with one attached hydrogen (secondary N) is 1. The SMILES string of the molecule is Cc1cc(C)c(C(=O)Nc2ccc(F)c(Cl)c2)cc1C. The molecule has 0 atom stereocenters. The van der Waals surface area contributed by atoms with Gasteiger partial charge >= 0.3 is 0 Å². The van der Waals surface area contributed by atoms with Crippen LogP contribution in [0.4, 0.5) is 10.1 Å². The van der Waals surface area contributed by atoms with Gasteiger partial charge in [-0.05, 0) is 61.7 Å². The Hall–Kier alpha value is -1.87. The van der Waals surface area contributed by atoms with Gasteiger partial charge in [-0.1, -0.05) is 17.7 Å². The van der Waals surface area contributed by atoms with Crippen LogP contribution in [0.25, 0.3) is 0 Å². The molecule has 2 rings (SSSR count). The maximum absolute atomic E-state index is 13.1. The van der Waals surface area contributed by atoms with Crippen molar-refractivity contribution in [3.05, 3.63) is 63.4 Å². The van der Waals surface area contributed by atoms with Crippen LogP contribution in [0.1, 0.15) is 27.0 Å². The van der Waals surface area contributed by atoms with Crippen LogP contribution in [0.2, 0.25) is 5.02 Å². The largest absolute Gasteiger partial charge is 0.322 e. The van der Waals surface area contributed by atoms with Crippen molar-refractivity contribution in [3.8, 4) is 0 Å². The highest BCUT2D eigenvalue weighted by molar-refractivity contribution is 6.31. The van der Waals surface area contributed by atoms with E-state index in [1.807, 2.05) is 32.9 Å². The van der Waals surface area contributed by atoms with Crippen LogP contribution in [0.3, 0.4) is 0 Å². The van der Waals surface area contributed by atoms with Gasteiger partial charge in [-0.3, -0.25) is 4.79 Å². The van der Waals surface area contributed by atoms with Crippen LogP contribution in [-0.2, 0) is 0 Å². The predicted molar refractivity (Wildman–Crippen MR) is 80.0 cm³/mol. The molecular formula is C16H15ClFNO. The van der Waals surface area contributed by atoms with E-state index in [2.05, 4.69) is 5.32 Å². The normalized spacial score (nSPS) is 10.4. The second-order valence-corrected chi connectivity index (χ2v) is 5.24. The molecule has 2 nitrogen and oxygen atoms in total. The predicted octanol–water partition coefficient (Wildman–Crippen LogP) is 4.66. The van der Waals surface area contributed by atoms with Gasteiger partial charge in [0.2, 0.25) is 0 Å². The van der Waals surface area contributed by atoms with Crippen molar-refractivity contribution >= 4 is 23.2 Å². The van der Waals surface area contributed by atoms with Gasteiger partial charge < -0.3 is 5.32 Å². The molecule has 0 fully saturated rings. The lowest BCUT2D eigenvalue weighted by molar-refractivity contribution is 0.102. The molecule has 0 radical (unpaired) electrons. The summed E-state index contributed by atoms with van der Waals surface area (Å²) < 4.78 is 13.1. The summed E-state index contributed by atoms with van der Waals surface area (Å²) in [5, 5.41) is 2.71. The average Bonchev–Trinajstić information content (AvgIpc) is 2.38. The van der Waals surface area contributed by atoms with Crippen LogP contribution in [0.5, 0.6) is 0 Å². The number of carbonyl (C=O) groups excluding carboxylic acids is 1. The molecule has 0 saturated carbocycles. The summed E-state index contributed by atoms with van der Waals surface area (Å²) in [7, 11) is 0. The highest BCUT2D eigenvalue weighted by Crippen LogP contribution is 2.21. The third-order valence-electron chi connectivity index (χ3n) is 3.26. The first-order valence-corrected chi connectivity index (χ1v) is 6.60.